The molecule has 6 heteroatoms. The highest BCUT2D eigenvalue weighted by Crippen LogP contribution is 2.13. The molecule has 0 bridgehead atoms. The van der Waals surface area contributed by atoms with Gasteiger partial charge < -0.3 is 10.4 Å². The Bertz CT molecular complexity index is 716. The van der Waals surface area contributed by atoms with Gasteiger partial charge in [-0.15, -0.1) is 11.3 Å². The van der Waals surface area contributed by atoms with Gasteiger partial charge in [0.05, 0.1) is 23.3 Å². The van der Waals surface area contributed by atoms with Crippen molar-refractivity contribution < 1.29 is 14.3 Å². The fourth-order valence-corrected chi connectivity index (χ4v) is 2.37. The molecule has 0 saturated heterocycles. The lowest BCUT2D eigenvalue weighted by molar-refractivity contribution is 0.0951. The Morgan fingerprint density at radius 3 is 2.95 bits per heavy atom. The van der Waals surface area contributed by atoms with Crippen molar-refractivity contribution in [3.8, 4) is 11.8 Å². The van der Waals surface area contributed by atoms with Crippen LogP contribution in [0.1, 0.15) is 26.5 Å². The first-order valence-electron chi connectivity index (χ1n) is 6.18. The van der Waals surface area contributed by atoms with Crippen LogP contribution >= 0.6 is 11.3 Å². The largest absolute Gasteiger partial charge is 0.384 e. The second kappa shape index (κ2) is 6.97. The van der Waals surface area contributed by atoms with E-state index in [0.717, 1.165) is 16.6 Å². The summed E-state index contributed by atoms with van der Waals surface area (Å²) in [5.41, 5.74) is 2.97. The van der Waals surface area contributed by atoms with Gasteiger partial charge in [0.15, 0.2) is 0 Å². The molecular formula is C15H13FN2O2S. The van der Waals surface area contributed by atoms with Crippen LogP contribution in [0, 0.1) is 24.6 Å². The van der Waals surface area contributed by atoms with E-state index in [-0.39, 0.29) is 23.6 Å². The quantitative estimate of drug-likeness (QED) is 0.851. The second-order valence-electron chi connectivity index (χ2n) is 4.20. The molecule has 1 aromatic carbocycles. The maximum Gasteiger partial charge on any atom is 0.251 e. The summed E-state index contributed by atoms with van der Waals surface area (Å²) >= 11 is 1.46. The number of hydrogen-bond donors (Lipinski definition) is 2. The second-order valence-corrected chi connectivity index (χ2v) is 5.14. The molecule has 0 radical (unpaired) electrons. The predicted molar refractivity (Wildman–Crippen MR) is 78.4 cm³/mol. The van der Waals surface area contributed by atoms with E-state index in [9.17, 15) is 9.18 Å². The summed E-state index contributed by atoms with van der Waals surface area (Å²) in [4.78, 5) is 17.0. The van der Waals surface area contributed by atoms with Crippen LogP contribution in [-0.2, 0) is 6.54 Å². The molecule has 2 aromatic rings. The van der Waals surface area contributed by atoms with Gasteiger partial charge in [-0.25, -0.2) is 9.37 Å². The van der Waals surface area contributed by atoms with Crippen molar-refractivity contribution >= 4 is 17.2 Å². The van der Waals surface area contributed by atoms with Crippen molar-refractivity contribution in [1.82, 2.24) is 10.3 Å². The fraction of sp³-hybridized carbons (Fsp3) is 0.200. The number of nitrogens with one attached hydrogen (secondary N) is 1. The number of halogens is 1. The van der Waals surface area contributed by atoms with E-state index in [2.05, 4.69) is 22.1 Å². The van der Waals surface area contributed by atoms with Gasteiger partial charge in [0.25, 0.3) is 5.91 Å². The Labute approximate surface area is 125 Å². The van der Waals surface area contributed by atoms with Gasteiger partial charge in [-0.1, -0.05) is 11.8 Å². The number of aryl methyl sites for hydroxylation is 1. The summed E-state index contributed by atoms with van der Waals surface area (Å²) in [5.74, 6) is 3.90. The lowest BCUT2D eigenvalue weighted by Crippen LogP contribution is -2.22. The molecule has 0 saturated carbocycles. The van der Waals surface area contributed by atoms with Crippen molar-refractivity contribution in [1.29, 1.82) is 0 Å². The van der Waals surface area contributed by atoms with E-state index >= 15 is 0 Å². The molecule has 0 spiro atoms. The average Bonchev–Trinajstić information content (AvgIpc) is 2.88. The van der Waals surface area contributed by atoms with Crippen molar-refractivity contribution in [2.75, 3.05) is 6.61 Å². The molecule has 2 N–H and O–H groups in total. The number of nitrogens with zero attached hydrogens (tertiary/aromatic N) is 1. The van der Waals surface area contributed by atoms with Crippen LogP contribution in [0.25, 0.3) is 0 Å². The number of carbonyl (C=O) groups excluding carboxylic acids is 1. The third-order valence-corrected chi connectivity index (χ3v) is 3.72. The van der Waals surface area contributed by atoms with Crippen molar-refractivity contribution in [3.63, 3.8) is 0 Å². The third-order valence-electron chi connectivity index (χ3n) is 2.79. The number of thiazole rings is 1. The minimum atomic E-state index is -0.586. The number of aliphatic hydroxyl groups is 1. The van der Waals surface area contributed by atoms with Crippen LogP contribution in [0.4, 0.5) is 4.39 Å². The lowest BCUT2D eigenvalue weighted by Gasteiger charge is -2.05. The maximum atomic E-state index is 13.7. The average molecular weight is 304 g/mol. The van der Waals surface area contributed by atoms with Gasteiger partial charge in [0, 0.05) is 10.4 Å². The Morgan fingerprint density at radius 1 is 1.52 bits per heavy atom. The summed E-state index contributed by atoms with van der Waals surface area (Å²) in [6.07, 6.45) is 0. The normalized spacial score (nSPS) is 9.86. The van der Waals surface area contributed by atoms with Crippen molar-refractivity contribution in [2.24, 2.45) is 0 Å². The lowest BCUT2D eigenvalue weighted by atomic mass is 10.1. The molecule has 0 fully saturated rings. The highest BCUT2D eigenvalue weighted by molar-refractivity contribution is 7.09. The zero-order valence-electron chi connectivity index (χ0n) is 11.3. The summed E-state index contributed by atoms with van der Waals surface area (Å²) in [6.45, 7) is 1.89. The number of carbonyl (C=O) groups is 1. The molecule has 1 heterocycles. The number of hydrogen-bond acceptors (Lipinski definition) is 4. The molecule has 4 nitrogen and oxygen atoms in total. The first-order valence-corrected chi connectivity index (χ1v) is 7.06. The van der Waals surface area contributed by atoms with Crippen LogP contribution < -0.4 is 5.32 Å². The summed E-state index contributed by atoms with van der Waals surface area (Å²) in [5, 5.41) is 11.3. The van der Waals surface area contributed by atoms with Crippen molar-refractivity contribution in [3.05, 3.63) is 51.2 Å². The van der Waals surface area contributed by atoms with Gasteiger partial charge >= 0.3 is 0 Å². The highest BCUT2D eigenvalue weighted by atomic mass is 32.1. The van der Waals surface area contributed by atoms with Crippen LogP contribution in [0.15, 0.2) is 23.7 Å². The Morgan fingerprint density at radius 2 is 2.33 bits per heavy atom. The SMILES string of the molecule is Cc1ncsc1CNC(=O)c1ccc(C#CCO)c(F)c1. The number of amides is 1. The van der Waals surface area contributed by atoms with E-state index in [1.807, 2.05) is 6.92 Å². The van der Waals surface area contributed by atoms with Gasteiger partial charge in [-0.2, -0.15) is 0 Å². The van der Waals surface area contributed by atoms with Crippen LogP contribution in [0.3, 0.4) is 0 Å². The van der Waals surface area contributed by atoms with E-state index in [1.54, 1.807) is 5.51 Å². The summed E-state index contributed by atoms with van der Waals surface area (Å²) < 4.78 is 13.7. The van der Waals surface area contributed by atoms with E-state index in [1.165, 1.54) is 23.5 Å². The minimum Gasteiger partial charge on any atom is -0.384 e. The molecule has 2 rings (SSSR count). The number of aromatic nitrogens is 1. The smallest absolute Gasteiger partial charge is 0.251 e. The molecular weight excluding hydrogens is 291 g/mol. The zero-order chi connectivity index (χ0) is 15.2. The van der Waals surface area contributed by atoms with E-state index in [4.69, 9.17) is 5.11 Å². The minimum absolute atomic E-state index is 0.152. The third kappa shape index (κ3) is 3.88. The topological polar surface area (TPSA) is 62.2 Å². The standard InChI is InChI=1S/C15H13FN2O2S/c1-10-14(21-9-18-10)8-17-15(20)12-5-4-11(3-2-6-19)13(16)7-12/h4-5,7,9,19H,6,8H2,1H3,(H,17,20). The number of benzene rings is 1. The Kier molecular flexibility index (Phi) is 5.04. The van der Waals surface area contributed by atoms with Gasteiger partial charge in [-0.05, 0) is 25.1 Å². The zero-order valence-corrected chi connectivity index (χ0v) is 12.1. The molecule has 0 unspecified atom stereocenters. The van der Waals surface area contributed by atoms with Crippen LogP contribution in [0.2, 0.25) is 0 Å². The molecule has 1 aromatic heterocycles. The number of rotatable bonds is 3. The maximum absolute atomic E-state index is 13.7. The highest BCUT2D eigenvalue weighted by Gasteiger charge is 2.10. The molecule has 0 aliphatic carbocycles. The van der Waals surface area contributed by atoms with Crippen molar-refractivity contribution in [2.45, 2.75) is 13.5 Å². The molecule has 0 aliphatic rings. The van der Waals surface area contributed by atoms with Crippen LogP contribution in [-0.4, -0.2) is 22.6 Å². The molecule has 1 amide bonds. The summed E-state index contributed by atoms with van der Waals surface area (Å²) in [6, 6.07) is 4.06. The fourth-order valence-electron chi connectivity index (χ4n) is 1.65. The van der Waals surface area contributed by atoms with Gasteiger partial charge in [-0.3, -0.25) is 4.79 Å². The van der Waals surface area contributed by atoms with Gasteiger partial charge in [0.2, 0.25) is 0 Å². The molecule has 108 valence electrons. The van der Waals surface area contributed by atoms with E-state index in [0.29, 0.717) is 6.54 Å². The predicted octanol–water partition coefficient (Wildman–Crippen LogP) is 1.86. The Balaban J connectivity index is 2.06. The Hall–Kier alpha value is -2.23. The van der Waals surface area contributed by atoms with Crippen LogP contribution in [0.5, 0.6) is 0 Å². The molecule has 21 heavy (non-hydrogen) atoms. The first-order chi connectivity index (χ1) is 10.1. The van der Waals surface area contributed by atoms with E-state index < -0.39 is 5.82 Å². The molecule has 0 aliphatic heterocycles. The number of aliphatic hydroxyl groups excluding tert-OH is 1. The first kappa shape index (κ1) is 15.2. The van der Waals surface area contributed by atoms with Gasteiger partial charge in [0.1, 0.15) is 12.4 Å². The summed E-state index contributed by atoms with van der Waals surface area (Å²) in [7, 11) is 0. The molecule has 0 atom stereocenters. The monoisotopic (exact) mass is 304 g/mol.